The van der Waals surface area contributed by atoms with Gasteiger partial charge in [0.05, 0.1) is 10.5 Å². The molecule has 1 amide bonds. The second-order valence-corrected chi connectivity index (χ2v) is 7.97. The Labute approximate surface area is 175 Å². The number of non-ortho nitro benzene ring substituents is 1. The number of rotatable bonds is 5. The molecule has 1 aliphatic rings. The first kappa shape index (κ1) is 19.8. The van der Waals surface area contributed by atoms with Crippen LogP contribution in [0.15, 0.2) is 58.5 Å². The largest absolute Gasteiger partial charge is 0.310 e. The van der Waals surface area contributed by atoms with Gasteiger partial charge in [-0.2, -0.15) is 0 Å². The normalized spacial score (nSPS) is 15.4. The molecule has 4 rings (SSSR count). The van der Waals surface area contributed by atoms with Gasteiger partial charge in [-0.15, -0.1) is 0 Å². The summed E-state index contributed by atoms with van der Waals surface area (Å²) in [6.07, 6.45) is 0.0747. The predicted molar refractivity (Wildman–Crippen MR) is 114 cm³/mol. The van der Waals surface area contributed by atoms with E-state index >= 15 is 0 Å². The molecule has 30 heavy (non-hydrogen) atoms. The molecule has 2 aromatic carbocycles. The van der Waals surface area contributed by atoms with Gasteiger partial charge < -0.3 is 10.3 Å². The number of hydrogen-bond acceptors (Lipinski definition) is 6. The van der Waals surface area contributed by atoms with Crippen LogP contribution in [0.4, 0.5) is 11.5 Å². The number of nitrogens with zero attached hydrogens (tertiary/aromatic N) is 2. The van der Waals surface area contributed by atoms with E-state index in [1.54, 1.807) is 12.1 Å². The summed E-state index contributed by atoms with van der Waals surface area (Å²) in [6.45, 7) is 2.02. The summed E-state index contributed by atoms with van der Waals surface area (Å²) in [5.74, 6) is 0.111. The zero-order chi connectivity index (χ0) is 21.3. The standard InChI is InChI=1S/C21H18N4O4S/c1-12-4-2-3-5-14(12)11-30-21-23-19-18(20(27)24-21)16(10-17(26)22-19)13-6-8-15(9-7-13)25(28)29/h2-9,16H,10-11H2,1H3,(H2,22,23,24,26,27). The highest BCUT2D eigenvalue weighted by molar-refractivity contribution is 7.98. The molecule has 1 unspecified atom stereocenters. The van der Waals surface area contributed by atoms with Gasteiger partial charge in [0.15, 0.2) is 5.16 Å². The predicted octanol–water partition coefficient (Wildman–Crippen LogP) is 3.75. The summed E-state index contributed by atoms with van der Waals surface area (Å²) < 4.78 is 0. The van der Waals surface area contributed by atoms with Crippen molar-refractivity contribution in [2.75, 3.05) is 5.32 Å². The van der Waals surface area contributed by atoms with Crippen molar-refractivity contribution in [1.82, 2.24) is 9.97 Å². The van der Waals surface area contributed by atoms with Crippen LogP contribution in [-0.2, 0) is 10.5 Å². The van der Waals surface area contributed by atoms with Gasteiger partial charge in [-0.3, -0.25) is 19.7 Å². The van der Waals surface area contributed by atoms with Crippen molar-refractivity contribution in [3.63, 3.8) is 0 Å². The SMILES string of the molecule is Cc1ccccc1CSc1nc2c(c(=O)[nH]1)C(c1ccc([N+](=O)[O-])cc1)CC(=O)N2. The van der Waals surface area contributed by atoms with Crippen molar-refractivity contribution in [2.45, 2.75) is 30.2 Å². The number of benzene rings is 2. The van der Waals surface area contributed by atoms with Crippen molar-refractivity contribution in [3.05, 3.63) is 91.3 Å². The fraction of sp³-hybridized carbons (Fsp3) is 0.190. The van der Waals surface area contributed by atoms with Crippen LogP contribution in [0.2, 0.25) is 0 Å². The summed E-state index contributed by atoms with van der Waals surface area (Å²) in [4.78, 5) is 42.8. The molecule has 8 nitrogen and oxygen atoms in total. The van der Waals surface area contributed by atoms with Gasteiger partial charge in [-0.05, 0) is 23.6 Å². The Morgan fingerprint density at radius 3 is 2.60 bits per heavy atom. The summed E-state index contributed by atoms with van der Waals surface area (Å²) in [7, 11) is 0. The molecule has 152 valence electrons. The first-order valence-corrected chi connectivity index (χ1v) is 10.3. The summed E-state index contributed by atoms with van der Waals surface area (Å²) in [5.41, 5.74) is 2.94. The van der Waals surface area contributed by atoms with E-state index < -0.39 is 10.8 Å². The lowest BCUT2D eigenvalue weighted by Gasteiger charge is -2.24. The highest BCUT2D eigenvalue weighted by atomic mass is 32.2. The number of carbonyl (C=O) groups excluding carboxylic acids is 1. The van der Waals surface area contributed by atoms with Crippen molar-refractivity contribution in [1.29, 1.82) is 0 Å². The van der Waals surface area contributed by atoms with Crippen LogP contribution >= 0.6 is 11.8 Å². The number of nitrogens with one attached hydrogen (secondary N) is 2. The molecule has 0 bridgehead atoms. The second-order valence-electron chi connectivity index (χ2n) is 7.00. The van der Waals surface area contributed by atoms with Crippen molar-refractivity contribution < 1.29 is 9.72 Å². The molecular weight excluding hydrogens is 404 g/mol. The highest BCUT2D eigenvalue weighted by Crippen LogP contribution is 2.35. The van der Waals surface area contributed by atoms with Crippen LogP contribution in [-0.4, -0.2) is 20.8 Å². The molecule has 0 saturated heterocycles. The van der Waals surface area contributed by atoms with E-state index in [1.807, 2.05) is 31.2 Å². The highest BCUT2D eigenvalue weighted by Gasteiger charge is 2.31. The monoisotopic (exact) mass is 422 g/mol. The summed E-state index contributed by atoms with van der Waals surface area (Å²) in [6, 6.07) is 13.9. The minimum Gasteiger partial charge on any atom is -0.310 e. The van der Waals surface area contributed by atoms with E-state index in [0.717, 1.165) is 11.1 Å². The van der Waals surface area contributed by atoms with Gasteiger partial charge in [0.25, 0.3) is 11.2 Å². The fourth-order valence-electron chi connectivity index (χ4n) is 3.45. The summed E-state index contributed by atoms with van der Waals surface area (Å²) >= 11 is 1.39. The number of aryl methyl sites for hydroxylation is 1. The van der Waals surface area contributed by atoms with Crippen LogP contribution in [0.25, 0.3) is 0 Å². The Bertz CT molecular complexity index is 1190. The Kier molecular flexibility index (Phi) is 5.37. The number of nitro benzene ring substituents is 1. The molecule has 9 heteroatoms. The van der Waals surface area contributed by atoms with Crippen LogP contribution in [0.3, 0.4) is 0 Å². The molecule has 0 radical (unpaired) electrons. The van der Waals surface area contributed by atoms with Gasteiger partial charge >= 0.3 is 0 Å². The van der Waals surface area contributed by atoms with E-state index in [1.165, 1.54) is 23.9 Å². The third-order valence-electron chi connectivity index (χ3n) is 5.06. The van der Waals surface area contributed by atoms with Crippen LogP contribution in [0.5, 0.6) is 0 Å². The van der Waals surface area contributed by atoms with Crippen LogP contribution in [0.1, 0.15) is 34.6 Å². The average molecular weight is 422 g/mol. The van der Waals surface area contributed by atoms with Gasteiger partial charge in [-0.25, -0.2) is 4.98 Å². The molecule has 2 N–H and O–H groups in total. The maximum Gasteiger partial charge on any atom is 0.269 e. The zero-order valence-electron chi connectivity index (χ0n) is 16.0. The van der Waals surface area contributed by atoms with Crippen molar-refractivity contribution in [2.24, 2.45) is 0 Å². The van der Waals surface area contributed by atoms with Crippen LogP contribution in [0, 0.1) is 17.0 Å². The molecular formula is C21H18N4O4S. The average Bonchev–Trinajstić information content (AvgIpc) is 2.72. The molecule has 3 aromatic rings. The molecule has 0 spiro atoms. The molecule has 1 aliphatic heterocycles. The zero-order valence-corrected chi connectivity index (χ0v) is 16.9. The second kappa shape index (κ2) is 8.11. The Hall–Kier alpha value is -3.46. The number of anilines is 1. The van der Waals surface area contributed by atoms with Crippen molar-refractivity contribution in [3.8, 4) is 0 Å². The Balaban J connectivity index is 1.65. The topological polar surface area (TPSA) is 118 Å². The van der Waals surface area contributed by atoms with Gasteiger partial charge in [0.2, 0.25) is 5.91 Å². The quantitative estimate of drug-likeness (QED) is 0.280. The Morgan fingerprint density at radius 2 is 1.90 bits per heavy atom. The number of amides is 1. The first-order chi connectivity index (χ1) is 14.4. The number of fused-ring (bicyclic) bond motifs is 1. The fourth-order valence-corrected chi connectivity index (χ4v) is 4.39. The third kappa shape index (κ3) is 3.97. The van der Waals surface area contributed by atoms with Gasteiger partial charge in [-0.1, -0.05) is 48.2 Å². The minimum atomic E-state index is -0.513. The number of hydrogen-bond donors (Lipinski definition) is 2. The number of aromatic amines is 1. The van der Waals surface area contributed by atoms with E-state index in [-0.39, 0.29) is 29.4 Å². The maximum absolute atomic E-state index is 12.9. The smallest absolute Gasteiger partial charge is 0.269 e. The Morgan fingerprint density at radius 1 is 1.17 bits per heavy atom. The third-order valence-corrected chi connectivity index (χ3v) is 5.98. The molecule has 0 fully saturated rings. The van der Waals surface area contributed by atoms with Gasteiger partial charge in [0, 0.05) is 30.2 Å². The summed E-state index contributed by atoms with van der Waals surface area (Å²) in [5, 5.41) is 14.0. The van der Waals surface area contributed by atoms with E-state index in [4.69, 9.17) is 0 Å². The van der Waals surface area contributed by atoms with E-state index in [9.17, 15) is 19.7 Å². The lowest BCUT2D eigenvalue weighted by Crippen LogP contribution is -2.31. The number of H-pyrrole nitrogens is 1. The molecule has 2 heterocycles. The number of aromatic nitrogens is 2. The number of nitro groups is 1. The molecule has 1 atom stereocenters. The van der Waals surface area contributed by atoms with Crippen molar-refractivity contribution >= 4 is 29.2 Å². The van der Waals surface area contributed by atoms with Gasteiger partial charge in [0.1, 0.15) is 5.82 Å². The number of thioether (sulfide) groups is 1. The minimum absolute atomic E-state index is 0.0470. The lowest BCUT2D eigenvalue weighted by molar-refractivity contribution is -0.384. The van der Waals surface area contributed by atoms with E-state index in [0.29, 0.717) is 22.0 Å². The van der Waals surface area contributed by atoms with Crippen LogP contribution < -0.4 is 10.9 Å². The van der Waals surface area contributed by atoms with E-state index in [2.05, 4.69) is 15.3 Å². The molecule has 1 aromatic heterocycles. The lowest BCUT2D eigenvalue weighted by atomic mass is 9.87. The maximum atomic E-state index is 12.9. The first-order valence-electron chi connectivity index (χ1n) is 9.28. The number of carbonyl (C=O) groups is 1. The molecule has 0 saturated carbocycles. The molecule has 0 aliphatic carbocycles.